The van der Waals surface area contributed by atoms with Crippen molar-refractivity contribution in [1.29, 1.82) is 0 Å². The number of hydrogen-bond donors (Lipinski definition) is 0. The van der Waals surface area contributed by atoms with Crippen LogP contribution in [0, 0.1) is 5.82 Å². The standard InChI is InChI=1S/C12H8FNO2/c13-11-4-1-5-12(10(11)8-15)16-9-3-2-6-14-7-9/h1-8H. The van der Waals surface area contributed by atoms with E-state index in [1.807, 2.05) is 0 Å². The summed E-state index contributed by atoms with van der Waals surface area (Å²) in [6, 6.07) is 7.58. The Bertz CT molecular complexity index is 500. The molecule has 0 aliphatic rings. The second-order valence-electron chi connectivity index (χ2n) is 3.06. The molecule has 0 saturated heterocycles. The van der Waals surface area contributed by atoms with Gasteiger partial charge in [0.1, 0.15) is 17.3 Å². The molecule has 0 spiro atoms. The van der Waals surface area contributed by atoms with E-state index in [0.717, 1.165) is 0 Å². The number of benzene rings is 1. The Hall–Kier alpha value is -2.23. The Balaban J connectivity index is 2.35. The van der Waals surface area contributed by atoms with Crippen LogP contribution in [-0.2, 0) is 0 Å². The molecule has 0 atom stereocenters. The van der Waals surface area contributed by atoms with Gasteiger partial charge in [-0.2, -0.15) is 0 Å². The topological polar surface area (TPSA) is 39.2 Å². The quantitative estimate of drug-likeness (QED) is 0.742. The smallest absolute Gasteiger partial charge is 0.156 e. The van der Waals surface area contributed by atoms with Crippen LogP contribution >= 0.6 is 0 Å². The highest BCUT2D eigenvalue weighted by Gasteiger charge is 2.09. The summed E-state index contributed by atoms with van der Waals surface area (Å²) >= 11 is 0. The number of hydrogen-bond acceptors (Lipinski definition) is 3. The molecule has 1 heterocycles. The monoisotopic (exact) mass is 217 g/mol. The van der Waals surface area contributed by atoms with Crippen LogP contribution in [0.2, 0.25) is 0 Å². The van der Waals surface area contributed by atoms with Crippen molar-refractivity contribution in [1.82, 2.24) is 4.98 Å². The molecule has 16 heavy (non-hydrogen) atoms. The van der Waals surface area contributed by atoms with Crippen molar-refractivity contribution in [3.05, 3.63) is 54.1 Å². The molecule has 2 aromatic rings. The molecule has 0 N–H and O–H groups in total. The van der Waals surface area contributed by atoms with Crippen LogP contribution in [0.3, 0.4) is 0 Å². The largest absolute Gasteiger partial charge is 0.455 e. The normalized spacial score (nSPS) is 9.81. The van der Waals surface area contributed by atoms with E-state index in [2.05, 4.69) is 4.98 Å². The van der Waals surface area contributed by atoms with E-state index in [1.54, 1.807) is 18.3 Å². The highest BCUT2D eigenvalue weighted by Crippen LogP contribution is 2.25. The number of pyridine rings is 1. The summed E-state index contributed by atoms with van der Waals surface area (Å²) < 4.78 is 18.6. The fraction of sp³-hybridized carbons (Fsp3) is 0. The summed E-state index contributed by atoms with van der Waals surface area (Å²) in [5.74, 6) is 0.0376. The number of aldehydes is 1. The van der Waals surface area contributed by atoms with Crippen LogP contribution < -0.4 is 4.74 Å². The first-order valence-corrected chi connectivity index (χ1v) is 4.63. The molecule has 0 radical (unpaired) electrons. The lowest BCUT2D eigenvalue weighted by atomic mass is 10.2. The minimum absolute atomic E-state index is 0.0913. The first-order chi connectivity index (χ1) is 7.81. The summed E-state index contributed by atoms with van der Waals surface area (Å²) in [5.41, 5.74) is -0.0913. The Kier molecular flexibility index (Phi) is 2.91. The van der Waals surface area contributed by atoms with Gasteiger partial charge < -0.3 is 4.74 Å². The van der Waals surface area contributed by atoms with Crippen molar-refractivity contribution in [2.75, 3.05) is 0 Å². The number of ether oxygens (including phenoxy) is 1. The minimum atomic E-state index is -0.601. The van der Waals surface area contributed by atoms with Crippen LogP contribution in [0.15, 0.2) is 42.7 Å². The zero-order valence-corrected chi connectivity index (χ0v) is 8.26. The molecule has 1 aromatic heterocycles. The molecule has 0 aliphatic heterocycles. The van der Waals surface area contributed by atoms with Gasteiger partial charge in [-0.25, -0.2) is 4.39 Å². The van der Waals surface area contributed by atoms with Gasteiger partial charge in [-0.15, -0.1) is 0 Å². The molecular weight excluding hydrogens is 209 g/mol. The molecule has 80 valence electrons. The van der Waals surface area contributed by atoms with Gasteiger partial charge >= 0.3 is 0 Å². The van der Waals surface area contributed by atoms with Gasteiger partial charge in [0, 0.05) is 6.20 Å². The highest BCUT2D eigenvalue weighted by molar-refractivity contribution is 5.79. The van der Waals surface area contributed by atoms with Crippen molar-refractivity contribution in [3.63, 3.8) is 0 Å². The third-order valence-electron chi connectivity index (χ3n) is 1.99. The molecule has 0 aliphatic carbocycles. The van der Waals surface area contributed by atoms with Gasteiger partial charge in [0.2, 0.25) is 0 Å². The maximum absolute atomic E-state index is 13.2. The Morgan fingerprint density at radius 3 is 2.81 bits per heavy atom. The Morgan fingerprint density at radius 1 is 1.25 bits per heavy atom. The van der Waals surface area contributed by atoms with Gasteiger partial charge in [0.25, 0.3) is 0 Å². The highest BCUT2D eigenvalue weighted by atomic mass is 19.1. The summed E-state index contributed by atoms with van der Waals surface area (Å²) in [6.07, 6.45) is 3.51. The zero-order valence-electron chi connectivity index (χ0n) is 8.26. The third-order valence-corrected chi connectivity index (χ3v) is 1.99. The van der Waals surface area contributed by atoms with Crippen LogP contribution in [0.5, 0.6) is 11.5 Å². The number of carbonyl (C=O) groups is 1. The molecule has 1 aromatic carbocycles. The van der Waals surface area contributed by atoms with Crippen LogP contribution in [0.1, 0.15) is 10.4 Å². The molecule has 0 fully saturated rings. The molecule has 0 amide bonds. The number of rotatable bonds is 3. The van der Waals surface area contributed by atoms with Crippen molar-refractivity contribution >= 4 is 6.29 Å². The average molecular weight is 217 g/mol. The van der Waals surface area contributed by atoms with Crippen molar-refractivity contribution in [2.45, 2.75) is 0 Å². The maximum Gasteiger partial charge on any atom is 0.156 e. The zero-order chi connectivity index (χ0) is 11.4. The molecular formula is C12H8FNO2. The molecule has 0 bridgehead atoms. The fourth-order valence-electron chi connectivity index (χ4n) is 1.26. The first kappa shape index (κ1) is 10.3. The lowest BCUT2D eigenvalue weighted by molar-refractivity contribution is 0.111. The van der Waals surface area contributed by atoms with Crippen LogP contribution in [0.4, 0.5) is 4.39 Å². The third kappa shape index (κ3) is 2.06. The number of halogens is 1. The van der Waals surface area contributed by atoms with Gasteiger partial charge in [-0.05, 0) is 24.3 Å². The average Bonchev–Trinajstić information content (AvgIpc) is 2.31. The number of nitrogens with zero attached hydrogens (tertiary/aromatic N) is 1. The van der Waals surface area contributed by atoms with E-state index < -0.39 is 5.82 Å². The van der Waals surface area contributed by atoms with Crippen molar-refractivity contribution in [3.8, 4) is 11.5 Å². The summed E-state index contributed by atoms with van der Waals surface area (Å²) in [7, 11) is 0. The van der Waals surface area contributed by atoms with Crippen LogP contribution in [-0.4, -0.2) is 11.3 Å². The molecule has 0 unspecified atom stereocenters. The second-order valence-corrected chi connectivity index (χ2v) is 3.06. The van der Waals surface area contributed by atoms with E-state index in [0.29, 0.717) is 12.0 Å². The van der Waals surface area contributed by atoms with E-state index in [9.17, 15) is 9.18 Å². The van der Waals surface area contributed by atoms with Gasteiger partial charge in [-0.3, -0.25) is 9.78 Å². The Morgan fingerprint density at radius 2 is 2.12 bits per heavy atom. The van der Waals surface area contributed by atoms with Gasteiger partial charge in [-0.1, -0.05) is 6.07 Å². The van der Waals surface area contributed by atoms with E-state index in [4.69, 9.17) is 4.74 Å². The predicted molar refractivity (Wildman–Crippen MR) is 56.1 cm³/mol. The van der Waals surface area contributed by atoms with Gasteiger partial charge in [0.05, 0.1) is 11.8 Å². The summed E-state index contributed by atoms with van der Waals surface area (Å²) in [5, 5.41) is 0. The molecule has 4 heteroatoms. The summed E-state index contributed by atoms with van der Waals surface area (Å²) in [6.45, 7) is 0. The number of carbonyl (C=O) groups excluding carboxylic acids is 1. The van der Waals surface area contributed by atoms with Crippen LogP contribution in [0.25, 0.3) is 0 Å². The fourth-order valence-corrected chi connectivity index (χ4v) is 1.26. The van der Waals surface area contributed by atoms with Gasteiger partial charge in [0.15, 0.2) is 6.29 Å². The maximum atomic E-state index is 13.2. The lowest BCUT2D eigenvalue weighted by Gasteiger charge is -2.07. The minimum Gasteiger partial charge on any atom is -0.455 e. The SMILES string of the molecule is O=Cc1c(F)cccc1Oc1cccnc1. The molecule has 2 rings (SSSR count). The summed E-state index contributed by atoms with van der Waals surface area (Å²) in [4.78, 5) is 14.6. The lowest BCUT2D eigenvalue weighted by Crippen LogP contribution is -1.94. The molecule has 0 saturated carbocycles. The predicted octanol–water partition coefficient (Wildman–Crippen LogP) is 2.83. The second kappa shape index (κ2) is 4.53. The van der Waals surface area contributed by atoms with Crippen molar-refractivity contribution < 1.29 is 13.9 Å². The first-order valence-electron chi connectivity index (χ1n) is 4.63. The van der Waals surface area contributed by atoms with E-state index >= 15 is 0 Å². The number of aromatic nitrogens is 1. The van der Waals surface area contributed by atoms with E-state index in [1.165, 1.54) is 24.4 Å². The molecule has 3 nitrogen and oxygen atoms in total. The Labute approximate surface area is 91.5 Å². The van der Waals surface area contributed by atoms with Crippen molar-refractivity contribution in [2.24, 2.45) is 0 Å². The van der Waals surface area contributed by atoms with E-state index in [-0.39, 0.29) is 11.3 Å².